The molecule has 1 atom stereocenters. The number of methoxy groups -OCH3 is 3. The summed E-state index contributed by atoms with van der Waals surface area (Å²) < 4.78 is 21.8. The lowest BCUT2D eigenvalue weighted by molar-refractivity contribution is -0.135. The molecule has 0 unspecified atom stereocenters. The van der Waals surface area contributed by atoms with Crippen LogP contribution in [0.25, 0.3) is 0 Å². The molecule has 33 heavy (non-hydrogen) atoms. The fraction of sp³-hybridized carbons (Fsp3) is 0.417. The minimum atomic E-state index is -0.184. The van der Waals surface area contributed by atoms with Gasteiger partial charge >= 0.3 is 0 Å². The molecular weight excluding hydrogens is 444 g/mol. The number of carbonyl (C=O) groups is 2. The van der Waals surface area contributed by atoms with E-state index in [0.29, 0.717) is 43.6 Å². The van der Waals surface area contributed by atoms with E-state index in [4.69, 9.17) is 18.9 Å². The molecule has 1 saturated heterocycles. The number of hydrogen-bond acceptors (Lipinski definition) is 7. The summed E-state index contributed by atoms with van der Waals surface area (Å²) in [6.45, 7) is 2.15. The van der Waals surface area contributed by atoms with Crippen LogP contribution in [-0.2, 0) is 14.3 Å². The van der Waals surface area contributed by atoms with Crippen molar-refractivity contribution in [1.82, 2.24) is 4.90 Å². The second kappa shape index (κ2) is 10.4. The Morgan fingerprint density at radius 3 is 2.36 bits per heavy atom. The third-order valence-electron chi connectivity index (χ3n) is 5.80. The van der Waals surface area contributed by atoms with E-state index in [1.807, 2.05) is 36.4 Å². The monoisotopic (exact) mass is 472 g/mol. The van der Waals surface area contributed by atoms with E-state index in [9.17, 15) is 9.59 Å². The summed E-state index contributed by atoms with van der Waals surface area (Å²) in [5.41, 5.74) is 1.64. The number of benzene rings is 2. The molecule has 2 aromatic carbocycles. The maximum atomic E-state index is 13.4. The Bertz CT molecular complexity index is 999. The van der Waals surface area contributed by atoms with E-state index >= 15 is 0 Å². The topological polar surface area (TPSA) is 77.5 Å². The summed E-state index contributed by atoms with van der Waals surface area (Å²) in [5.74, 6) is 1.41. The minimum Gasteiger partial charge on any atom is -0.493 e. The molecule has 8 nitrogen and oxygen atoms in total. The molecule has 0 N–H and O–H groups in total. The van der Waals surface area contributed by atoms with Crippen molar-refractivity contribution < 1.29 is 28.5 Å². The van der Waals surface area contributed by atoms with Crippen LogP contribution in [0, 0.1) is 0 Å². The van der Waals surface area contributed by atoms with Gasteiger partial charge < -0.3 is 28.7 Å². The number of rotatable bonds is 6. The number of thioether (sulfide) groups is 1. The summed E-state index contributed by atoms with van der Waals surface area (Å²) in [7, 11) is 4.70. The van der Waals surface area contributed by atoms with Crippen LogP contribution in [0.4, 0.5) is 5.69 Å². The van der Waals surface area contributed by atoms with Gasteiger partial charge in [0.2, 0.25) is 17.6 Å². The summed E-state index contributed by atoms with van der Waals surface area (Å²) in [4.78, 5) is 30.7. The molecule has 0 bridgehead atoms. The number of morpholine rings is 1. The first kappa shape index (κ1) is 23.3. The first-order chi connectivity index (χ1) is 16.0. The van der Waals surface area contributed by atoms with Crippen LogP contribution in [0.15, 0.2) is 41.3 Å². The van der Waals surface area contributed by atoms with Crippen LogP contribution >= 0.6 is 11.8 Å². The average molecular weight is 473 g/mol. The van der Waals surface area contributed by atoms with Crippen molar-refractivity contribution in [3.8, 4) is 17.2 Å². The Hall–Kier alpha value is -2.91. The number of fused-ring (bicyclic) bond motifs is 1. The molecule has 0 radical (unpaired) electrons. The molecule has 0 spiro atoms. The molecule has 4 rings (SSSR count). The van der Waals surface area contributed by atoms with Crippen molar-refractivity contribution in [2.24, 2.45) is 0 Å². The fourth-order valence-electron chi connectivity index (χ4n) is 4.07. The highest BCUT2D eigenvalue weighted by molar-refractivity contribution is 7.99. The van der Waals surface area contributed by atoms with Gasteiger partial charge in [-0.1, -0.05) is 12.1 Å². The van der Waals surface area contributed by atoms with Gasteiger partial charge in [-0.3, -0.25) is 9.59 Å². The third-order valence-corrected chi connectivity index (χ3v) is 7.12. The molecule has 0 aliphatic carbocycles. The Labute approximate surface area is 197 Å². The number of carbonyl (C=O) groups excluding carboxylic acids is 2. The highest BCUT2D eigenvalue weighted by atomic mass is 32.2. The zero-order chi connectivity index (χ0) is 23.4. The lowest BCUT2D eigenvalue weighted by atomic mass is 10.1. The summed E-state index contributed by atoms with van der Waals surface area (Å²) in [5, 5.41) is -0.184. The number of ether oxygens (including phenoxy) is 4. The van der Waals surface area contributed by atoms with Gasteiger partial charge in [0.15, 0.2) is 11.5 Å². The zero-order valence-electron chi connectivity index (χ0n) is 19.0. The van der Waals surface area contributed by atoms with Crippen molar-refractivity contribution >= 4 is 29.3 Å². The van der Waals surface area contributed by atoms with Gasteiger partial charge in [0.1, 0.15) is 6.54 Å². The Balaban J connectivity index is 1.65. The summed E-state index contributed by atoms with van der Waals surface area (Å²) in [6, 6.07) is 11.5. The average Bonchev–Trinajstić information content (AvgIpc) is 2.99. The summed E-state index contributed by atoms with van der Waals surface area (Å²) >= 11 is 1.59. The third kappa shape index (κ3) is 4.89. The maximum Gasteiger partial charge on any atom is 0.242 e. The van der Waals surface area contributed by atoms with Crippen LogP contribution < -0.4 is 19.1 Å². The Kier molecular flexibility index (Phi) is 7.29. The molecule has 1 fully saturated rings. The number of amides is 2. The normalized spacial score (nSPS) is 18.4. The van der Waals surface area contributed by atoms with E-state index in [2.05, 4.69) is 0 Å². The van der Waals surface area contributed by atoms with Crippen molar-refractivity contribution in [3.63, 3.8) is 0 Å². The van der Waals surface area contributed by atoms with Gasteiger partial charge in [-0.15, -0.1) is 11.8 Å². The molecule has 0 aromatic heterocycles. The molecule has 2 heterocycles. The molecule has 2 aliphatic heterocycles. The highest BCUT2D eigenvalue weighted by Crippen LogP contribution is 2.49. The van der Waals surface area contributed by atoms with E-state index in [1.54, 1.807) is 42.9 Å². The van der Waals surface area contributed by atoms with Gasteiger partial charge in [0.05, 0.1) is 40.2 Å². The predicted molar refractivity (Wildman–Crippen MR) is 126 cm³/mol. The molecule has 0 saturated carbocycles. The Morgan fingerprint density at radius 1 is 1.06 bits per heavy atom. The fourth-order valence-corrected chi connectivity index (χ4v) is 5.33. The molecule has 2 aliphatic rings. The number of anilines is 1. The lowest BCUT2D eigenvalue weighted by Gasteiger charge is -2.30. The number of nitrogens with zero attached hydrogens (tertiary/aromatic N) is 2. The van der Waals surface area contributed by atoms with Gasteiger partial charge in [0.25, 0.3) is 0 Å². The van der Waals surface area contributed by atoms with Gasteiger partial charge in [-0.2, -0.15) is 0 Å². The SMILES string of the molecule is COc1cc([C@@H]2CC(=O)N(CC(=O)N3CCOCC3)c3ccccc3S2)cc(OC)c1OC. The number of hydrogen-bond donors (Lipinski definition) is 0. The van der Waals surface area contributed by atoms with Crippen molar-refractivity contribution in [2.75, 3.05) is 59.1 Å². The van der Waals surface area contributed by atoms with Crippen molar-refractivity contribution in [2.45, 2.75) is 16.6 Å². The van der Waals surface area contributed by atoms with Crippen molar-refractivity contribution in [1.29, 1.82) is 0 Å². The molecular formula is C24H28N2O6S. The molecule has 2 aromatic rings. The van der Waals surface area contributed by atoms with Gasteiger partial charge in [-0.05, 0) is 29.8 Å². The van der Waals surface area contributed by atoms with Crippen molar-refractivity contribution in [3.05, 3.63) is 42.0 Å². The van der Waals surface area contributed by atoms with Crippen LogP contribution in [0.2, 0.25) is 0 Å². The van der Waals surface area contributed by atoms with Gasteiger partial charge in [0, 0.05) is 29.7 Å². The van der Waals surface area contributed by atoms with E-state index in [-0.39, 0.29) is 30.0 Å². The quantitative estimate of drug-likeness (QED) is 0.639. The predicted octanol–water partition coefficient (Wildman–Crippen LogP) is 3.14. The first-order valence-electron chi connectivity index (χ1n) is 10.8. The molecule has 176 valence electrons. The van der Waals surface area contributed by atoms with E-state index in [0.717, 1.165) is 16.1 Å². The highest BCUT2D eigenvalue weighted by Gasteiger charge is 2.32. The van der Waals surface area contributed by atoms with Crippen LogP contribution in [0.5, 0.6) is 17.2 Å². The van der Waals surface area contributed by atoms with E-state index in [1.165, 1.54) is 0 Å². The van der Waals surface area contributed by atoms with Gasteiger partial charge in [-0.25, -0.2) is 0 Å². The standard InChI is InChI=1S/C24H28N2O6S/c1-29-18-12-16(13-19(30-2)24(18)31-3)21-14-22(27)26(17-6-4-5-7-20(17)33-21)15-23(28)25-8-10-32-11-9-25/h4-7,12-13,21H,8-11,14-15H2,1-3H3/t21-/m0/s1. The smallest absolute Gasteiger partial charge is 0.242 e. The second-order valence-corrected chi connectivity index (χ2v) is 8.95. The number of para-hydroxylation sites is 1. The lowest BCUT2D eigenvalue weighted by Crippen LogP contribution is -2.47. The Morgan fingerprint density at radius 2 is 1.73 bits per heavy atom. The first-order valence-corrected chi connectivity index (χ1v) is 11.6. The largest absolute Gasteiger partial charge is 0.493 e. The summed E-state index contributed by atoms with van der Waals surface area (Å²) in [6.07, 6.45) is 0.231. The van der Waals surface area contributed by atoms with Crippen LogP contribution in [-0.4, -0.2) is 70.9 Å². The maximum absolute atomic E-state index is 13.4. The molecule has 2 amide bonds. The molecule has 9 heteroatoms. The second-order valence-electron chi connectivity index (χ2n) is 7.71. The van der Waals surface area contributed by atoms with Crippen LogP contribution in [0.3, 0.4) is 0 Å². The van der Waals surface area contributed by atoms with Crippen LogP contribution in [0.1, 0.15) is 17.2 Å². The zero-order valence-corrected chi connectivity index (χ0v) is 19.9. The minimum absolute atomic E-state index is 0.0123. The van der Waals surface area contributed by atoms with E-state index < -0.39 is 0 Å².